The van der Waals surface area contributed by atoms with Gasteiger partial charge >= 0.3 is 5.97 Å². The van der Waals surface area contributed by atoms with Gasteiger partial charge in [0.1, 0.15) is 6.61 Å². The van der Waals surface area contributed by atoms with E-state index >= 15 is 0 Å². The minimum absolute atomic E-state index is 0.0430. The Morgan fingerprint density at radius 1 is 1.24 bits per heavy atom. The minimum atomic E-state index is -0.130. The fourth-order valence-corrected chi connectivity index (χ4v) is 6.34. The van der Waals surface area contributed by atoms with Crippen molar-refractivity contribution in [2.45, 2.75) is 58.1 Å². The first-order chi connectivity index (χ1) is 14.0. The number of amides is 1. The highest BCUT2D eigenvalue weighted by Gasteiger charge is 2.16. The van der Waals surface area contributed by atoms with Crippen molar-refractivity contribution in [3.05, 3.63) is 29.3 Å². The normalized spacial score (nSPS) is 16.2. The number of rotatable bonds is 12. The van der Waals surface area contributed by atoms with Crippen LogP contribution in [0.25, 0.3) is 0 Å². The van der Waals surface area contributed by atoms with E-state index in [2.05, 4.69) is 5.32 Å². The summed E-state index contributed by atoms with van der Waals surface area (Å²) in [6, 6.07) is 5.97. The lowest BCUT2D eigenvalue weighted by Crippen LogP contribution is -2.36. The van der Waals surface area contributed by atoms with E-state index in [4.69, 9.17) is 4.74 Å². The van der Waals surface area contributed by atoms with Crippen LogP contribution in [-0.2, 0) is 14.3 Å². The maximum absolute atomic E-state index is 12.4. The predicted molar refractivity (Wildman–Crippen MR) is 125 cm³/mol. The number of carbonyl (C=O) groups is 2. The van der Waals surface area contributed by atoms with Crippen LogP contribution in [0.2, 0.25) is 0 Å². The molecular formula is C22H34N2O3S2. The van der Waals surface area contributed by atoms with Gasteiger partial charge in [0.05, 0.1) is 6.54 Å². The van der Waals surface area contributed by atoms with Crippen molar-refractivity contribution in [3.8, 4) is 0 Å². The highest BCUT2D eigenvalue weighted by Crippen LogP contribution is 2.39. The Morgan fingerprint density at radius 2 is 2.00 bits per heavy atom. The third kappa shape index (κ3) is 9.01. The van der Waals surface area contributed by atoms with Crippen molar-refractivity contribution in [3.63, 3.8) is 0 Å². The van der Waals surface area contributed by atoms with Crippen molar-refractivity contribution in [2.24, 2.45) is 0 Å². The number of aryl methyl sites for hydroxylation is 2. The number of esters is 1. The zero-order chi connectivity index (χ0) is 21.1. The van der Waals surface area contributed by atoms with Crippen molar-refractivity contribution in [1.29, 1.82) is 0 Å². The Hall–Kier alpha value is -1.18. The molecule has 1 aliphatic rings. The molecule has 29 heavy (non-hydrogen) atoms. The third-order valence-electron chi connectivity index (χ3n) is 5.11. The van der Waals surface area contributed by atoms with Gasteiger partial charge in [0.2, 0.25) is 5.91 Å². The number of hydrogen-bond donors (Lipinski definition) is 1. The Bertz CT molecular complexity index is 643. The van der Waals surface area contributed by atoms with Crippen LogP contribution < -0.4 is 5.32 Å². The summed E-state index contributed by atoms with van der Waals surface area (Å²) in [6.07, 6.45) is 4.97. The molecule has 0 aromatic heterocycles. The molecule has 1 heterocycles. The van der Waals surface area contributed by atoms with Crippen LogP contribution >= 0.6 is 21.6 Å². The zero-order valence-electron chi connectivity index (χ0n) is 17.9. The molecule has 162 valence electrons. The monoisotopic (exact) mass is 438 g/mol. The molecule has 2 rings (SSSR count). The van der Waals surface area contributed by atoms with Gasteiger partial charge in [-0.25, -0.2) is 0 Å². The molecule has 1 fully saturated rings. The quantitative estimate of drug-likeness (QED) is 0.287. The van der Waals surface area contributed by atoms with E-state index < -0.39 is 0 Å². The summed E-state index contributed by atoms with van der Waals surface area (Å²) in [4.78, 5) is 26.3. The molecular weight excluding hydrogens is 404 g/mol. The predicted octanol–water partition coefficient (Wildman–Crippen LogP) is 4.82. The van der Waals surface area contributed by atoms with Gasteiger partial charge in [-0.2, -0.15) is 0 Å². The standard InChI is InChI=1S/C22H34N2O3S2/c1-4-24(16-20(25)23-22-17(2)8-7-9-18(22)3)13-14-27-21(26)11-6-5-10-19-12-15-28-29-19/h7-9,19H,4-6,10-16H2,1-3H3,(H,23,25). The van der Waals surface area contributed by atoms with E-state index in [0.29, 0.717) is 26.1 Å². The van der Waals surface area contributed by atoms with Gasteiger partial charge in [0, 0.05) is 29.7 Å². The van der Waals surface area contributed by atoms with E-state index in [0.717, 1.165) is 41.5 Å². The largest absolute Gasteiger partial charge is 0.464 e. The van der Waals surface area contributed by atoms with Crippen LogP contribution in [0.3, 0.4) is 0 Å². The van der Waals surface area contributed by atoms with Gasteiger partial charge in [0.25, 0.3) is 0 Å². The fraction of sp³-hybridized carbons (Fsp3) is 0.636. The number of nitrogens with zero attached hydrogens (tertiary/aromatic N) is 1. The first kappa shape index (κ1) is 24.1. The van der Waals surface area contributed by atoms with Crippen LogP contribution in [0.4, 0.5) is 5.69 Å². The number of para-hydroxylation sites is 1. The van der Waals surface area contributed by atoms with Crippen molar-refractivity contribution < 1.29 is 14.3 Å². The van der Waals surface area contributed by atoms with E-state index in [1.54, 1.807) is 0 Å². The maximum atomic E-state index is 12.4. The molecule has 0 saturated carbocycles. The summed E-state index contributed by atoms with van der Waals surface area (Å²) in [7, 11) is 3.95. The number of ether oxygens (including phenoxy) is 1. The summed E-state index contributed by atoms with van der Waals surface area (Å²) < 4.78 is 5.36. The fourth-order valence-electron chi connectivity index (χ4n) is 3.31. The van der Waals surface area contributed by atoms with Gasteiger partial charge in [-0.1, -0.05) is 53.1 Å². The maximum Gasteiger partial charge on any atom is 0.305 e. The summed E-state index contributed by atoms with van der Waals surface area (Å²) in [5.41, 5.74) is 3.00. The molecule has 0 aliphatic carbocycles. The summed E-state index contributed by atoms with van der Waals surface area (Å²) in [6.45, 7) is 7.91. The number of carbonyl (C=O) groups excluding carboxylic acids is 2. The highest BCUT2D eigenvalue weighted by atomic mass is 33.1. The Labute approximate surface area is 183 Å². The molecule has 7 heteroatoms. The first-order valence-corrected chi connectivity index (χ1v) is 12.9. The molecule has 1 N–H and O–H groups in total. The average Bonchev–Trinajstić information content (AvgIpc) is 3.21. The highest BCUT2D eigenvalue weighted by molar-refractivity contribution is 8.77. The molecule has 0 spiro atoms. The lowest BCUT2D eigenvalue weighted by molar-refractivity contribution is -0.144. The van der Waals surface area contributed by atoms with E-state index in [1.807, 2.05) is 65.5 Å². The van der Waals surface area contributed by atoms with E-state index in [-0.39, 0.29) is 11.9 Å². The number of unbranched alkanes of at least 4 members (excludes halogenated alkanes) is 1. The molecule has 1 aromatic rings. The second-order valence-electron chi connectivity index (χ2n) is 7.48. The molecule has 1 atom stereocenters. The lowest BCUT2D eigenvalue weighted by Gasteiger charge is -2.20. The van der Waals surface area contributed by atoms with Crippen molar-refractivity contribution >= 4 is 39.2 Å². The molecule has 1 aromatic carbocycles. The first-order valence-electron chi connectivity index (χ1n) is 10.5. The Kier molecular flexibility index (Phi) is 11.0. The zero-order valence-corrected chi connectivity index (χ0v) is 19.5. The van der Waals surface area contributed by atoms with Crippen LogP contribution in [0, 0.1) is 13.8 Å². The topological polar surface area (TPSA) is 58.6 Å². The molecule has 1 aliphatic heterocycles. The van der Waals surface area contributed by atoms with Crippen LogP contribution in [0.1, 0.15) is 50.2 Å². The minimum Gasteiger partial charge on any atom is -0.464 e. The molecule has 1 saturated heterocycles. The lowest BCUT2D eigenvalue weighted by atomic mass is 10.1. The van der Waals surface area contributed by atoms with Gasteiger partial charge in [-0.3, -0.25) is 14.5 Å². The summed E-state index contributed by atoms with van der Waals surface area (Å²) in [5, 5.41) is 3.78. The number of nitrogens with one attached hydrogen (secondary N) is 1. The average molecular weight is 439 g/mol. The summed E-state index contributed by atoms with van der Waals surface area (Å²) in [5.74, 6) is 1.08. The van der Waals surface area contributed by atoms with Gasteiger partial charge in [-0.05, 0) is 50.8 Å². The Morgan fingerprint density at radius 3 is 2.66 bits per heavy atom. The number of hydrogen-bond acceptors (Lipinski definition) is 6. The van der Waals surface area contributed by atoms with Crippen LogP contribution in [0.5, 0.6) is 0 Å². The van der Waals surface area contributed by atoms with Crippen LogP contribution in [0.15, 0.2) is 18.2 Å². The van der Waals surface area contributed by atoms with E-state index in [9.17, 15) is 9.59 Å². The van der Waals surface area contributed by atoms with E-state index in [1.165, 1.54) is 18.6 Å². The smallest absolute Gasteiger partial charge is 0.305 e. The third-order valence-corrected chi connectivity index (χ3v) is 8.12. The number of anilines is 1. The molecule has 1 unspecified atom stereocenters. The molecule has 5 nitrogen and oxygen atoms in total. The number of likely N-dealkylation sites (N-methyl/N-ethyl adjacent to an activating group) is 1. The van der Waals surface area contributed by atoms with Gasteiger partial charge in [0.15, 0.2) is 0 Å². The molecule has 0 bridgehead atoms. The molecule has 0 radical (unpaired) electrons. The molecule has 1 amide bonds. The van der Waals surface area contributed by atoms with Gasteiger partial charge in [-0.15, -0.1) is 0 Å². The Balaban J connectivity index is 1.61. The second-order valence-corrected chi connectivity index (χ2v) is 10.3. The van der Waals surface area contributed by atoms with Gasteiger partial charge < -0.3 is 10.1 Å². The SMILES string of the molecule is CCN(CCOC(=O)CCCCC1CCSS1)CC(=O)Nc1c(C)cccc1C. The van der Waals surface area contributed by atoms with Crippen molar-refractivity contribution in [1.82, 2.24) is 4.90 Å². The second kappa shape index (κ2) is 13.2. The van der Waals surface area contributed by atoms with Crippen LogP contribution in [-0.4, -0.2) is 54.0 Å². The number of benzene rings is 1. The summed E-state index contributed by atoms with van der Waals surface area (Å²) >= 11 is 0. The van der Waals surface area contributed by atoms with Crippen molar-refractivity contribution in [2.75, 3.05) is 37.3 Å².